The molecule has 2 atom stereocenters. The number of hydrogen-bond donors (Lipinski definition) is 3. The van der Waals surface area contributed by atoms with Gasteiger partial charge in [0, 0.05) is 13.3 Å². The molecule has 166 valence electrons. The number of carbonyl (C=O) groups excluding carboxylic acids is 2. The fraction of sp³-hybridized carbons (Fsp3) is 0.286. The van der Waals surface area contributed by atoms with Crippen LogP contribution in [0, 0.1) is 5.82 Å². The molecule has 0 aliphatic carbocycles. The smallest absolute Gasteiger partial charge is 0.326 e. The average Bonchev–Trinajstić information content (AvgIpc) is 2.70. The van der Waals surface area contributed by atoms with Crippen LogP contribution in [0.4, 0.5) is 4.39 Å². The zero-order valence-electron chi connectivity index (χ0n) is 16.7. The molecule has 31 heavy (non-hydrogen) atoms. The molecule has 0 heterocycles. The number of halogens is 1. The zero-order chi connectivity index (χ0) is 23.0. The number of amides is 2. The Hall–Kier alpha value is -3.27. The first-order chi connectivity index (χ1) is 14.6. The standard InChI is InChI=1S/C21H23FN2O6S/c1-14(25)23-19(13-15-6-5-7-16(22)12-15)20(26)24-18(21(27)28)10-11-31(29,30)17-8-3-2-4-9-17/h2-9,12,18-19H,10-11,13H2,1H3,(H,23,25)(H,24,26)(H,27,28)/t18-,19+/m0/s1. The molecule has 0 aliphatic heterocycles. The van der Waals surface area contributed by atoms with Gasteiger partial charge in [-0.2, -0.15) is 0 Å². The minimum absolute atomic E-state index is 0.0488. The number of sulfone groups is 1. The average molecular weight is 450 g/mol. The molecule has 0 aliphatic rings. The first-order valence-corrected chi connectivity index (χ1v) is 11.1. The predicted molar refractivity (Wildman–Crippen MR) is 110 cm³/mol. The summed E-state index contributed by atoms with van der Waals surface area (Å²) in [5.74, 6) is -3.78. The Kier molecular flexibility index (Phi) is 8.26. The third-order valence-electron chi connectivity index (χ3n) is 4.42. The second-order valence-electron chi connectivity index (χ2n) is 6.91. The van der Waals surface area contributed by atoms with E-state index in [2.05, 4.69) is 10.6 Å². The molecule has 2 aromatic carbocycles. The van der Waals surface area contributed by atoms with E-state index in [-0.39, 0.29) is 17.7 Å². The monoisotopic (exact) mass is 450 g/mol. The van der Waals surface area contributed by atoms with Gasteiger partial charge in [-0.15, -0.1) is 0 Å². The molecule has 0 unspecified atom stereocenters. The lowest BCUT2D eigenvalue weighted by atomic mass is 10.0. The predicted octanol–water partition coefficient (Wildman–Crippen LogP) is 1.31. The largest absolute Gasteiger partial charge is 0.480 e. The summed E-state index contributed by atoms with van der Waals surface area (Å²) in [6.45, 7) is 1.19. The van der Waals surface area contributed by atoms with E-state index in [9.17, 15) is 32.3 Å². The summed E-state index contributed by atoms with van der Waals surface area (Å²) in [6.07, 6.45) is -0.442. The first kappa shape index (κ1) is 24.0. The van der Waals surface area contributed by atoms with E-state index in [1.54, 1.807) is 24.3 Å². The van der Waals surface area contributed by atoms with E-state index < -0.39 is 51.3 Å². The number of carboxylic acids is 1. The molecule has 0 fully saturated rings. The van der Waals surface area contributed by atoms with Gasteiger partial charge >= 0.3 is 5.97 Å². The van der Waals surface area contributed by atoms with Crippen LogP contribution in [0.3, 0.4) is 0 Å². The molecular weight excluding hydrogens is 427 g/mol. The van der Waals surface area contributed by atoms with Crippen molar-refractivity contribution in [2.75, 3.05) is 5.75 Å². The highest BCUT2D eigenvalue weighted by Gasteiger charge is 2.28. The van der Waals surface area contributed by atoms with Gasteiger partial charge in [0.2, 0.25) is 11.8 Å². The summed E-state index contributed by atoms with van der Waals surface area (Å²) in [7, 11) is -3.74. The van der Waals surface area contributed by atoms with Crippen molar-refractivity contribution in [3.8, 4) is 0 Å². The fourth-order valence-electron chi connectivity index (χ4n) is 2.90. The van der Waals surface area contributed by atoms with Crippen molar-refractivity contribution in [2.24, 2.45) is 0 Å². The highest BCUT2D eigenvalue weighted by atomic mass is 32.2. The third kappa shape index (κ3) is 7.49. The topological polar surface area (TPSA) is 130 Å². The molecule has 0 spiro atoms. The maximum atomic E-state index is 13.4. The Morgan fingerprint density at radius 3 is 2.26 bits per heavy atom. The number of carbonyl (C=O) groups is 3. The Balaban J connectivity index is 2.10. The van der Waals surface area contributed by atoms with Gasteiger partial charge in [-0.25, -0.2) is 17.6 Å². The number of carboxylic acid groups (broad SMARTS) is 1. The molecular formula is C21H23FN2O6S. The first-order valence-electron chi connectivity index (χ1n) is 9.41. The Labute approximate surface area is 179 Å². The molecule has 0 saturated heterocycles. The summed E-state index contributed by atoms with van der Waals surface area (Å²) in [5, 5.41) is 14.1. The van der Waals surface area contributed by atoms with Gasteiger partial charge in [0.05, 0.1) is 10.6 Å². The van der Waals surface area contributed by atoms with Crippen molar-refractivity contribution in [3.63, 3.8) is 0 Å². The van der Waals surface area contributed by atoms with Crippen LogP contribution in [0.5, 0.6) is 0 Å². The minimum atomic E-state index is -3.74. The van der Waals surface area contributed by atoms with E-state index in [1.165, 1.54) is 37.3 Å². The number of nitrogens with one attached hydrogen (secondary N) is 2. The maximum Gasteiger partial charge on any atom is 0.326 e. The van der Waals surface area contributed by atoms with Crippen molar-refractivity contribution in [1.29, 1.82) is 0 Å². The van der Waals surface area contributed by atoms with E-state index in [4.69, 9.17) is 0 Å². The molecule has 10 heteroatoms. The molecule has 3 N–H and O–H groups in total. The number of hydrogen-bond acceptors (Lipinski definition) is 5. The van der Waals surface area contributed by atoms with Gasteiger partial charge in [0.15, 0.2) is 9.84 Å². The van der Waals surface area contributed by atoms with Crippen molar-refractivity contribution < 1.29 is 32.3 Å². The maximum absolute atomic E-state index is 13.4. The van der Waals surface area contributed by atoms with Crippen LogP contribution in [0.1, 0.15) is 18.9 Å². The van der Waals surface area contributed by atoms with E-state index in [1.807, 2.05) is 0 Å². The van der Waals surface area contributed by atoms with Crippen molar-refractivity contribution >= 4 is 27.6 Å². The SMILES string of the molecule is CC(=O)N[C@H](Cc1cccc(F)c1)C(=O)N[C@@H](CCS(=O)(=O)c1ccccc1)C(=O)O. The van der Waals surface area contributed by atoms with Crippen LogP contribution in [0.2, 0.25) is 0 Å². The van der Waals surface area contributed by atoms with Gasteiger partial charge in [-0.1, -0.05) is 30.3 Å². The van der Waals surface area contributed by atoms with Crippen molar-refractivity contribution in [3.05, 3.63) is 66.0 Å². The number of rotatable bonds is 10. The Morgan fingerprint density at radius 1 is 1.00 bits per heavy atom. The number of benzene rings is 2. The van der Waals surface area contributed by atoms with E-state index in [0.717, 1.165) is 0 Å². The fourth-order valence-corrected chi connectivity index (χ4v) is 4.26. The quantitative estimate of drug-likeness (QED) is 0.500. The molecule has 0 aromatic heterocycles. The highest BCUT2D eigenvalue weighted by molar-refractivity contribution is 7.91. The molecule has 2 aromatic rings. The van der Waals surface area contributed by atoms with Gasteiger partial charge in [-0.05, 0) is 36.2 Å². The van der Waals surface area contributed by atoms with Crippen LogP contribution in [-0.2, 0) is 30.6 Å². The summed E-state index contributed by atoms with van der Waals surface area (Å²) >= 11 is 0. The second kappa shape index (κ2) is 10.7. The Bertz CT molecular complexity index is 1040. The molecule has 0 bridgehead atoms. The molecule has 2 rings (SSSR count). The van der Waals surface area contributed by atoms with Crippen LogP contribution < -0.4 is 10.6 Å². The molecule has 8 nitrogen and oxygen atoms in total. The van der Waals surface area contributed by atoms with Crippen molar-refractivity contribution in [1.82, 2.24) is 10.6 Å². The highest BCUT2D eigenvalue weighted by Crippen LogP contribution is 2.13. The summed E-state index contributed by atoms with van der Waals surface area (Å²) in [5.41, 5.74) is 0.424. The van der Waals surface area contributed by atoms with Crippen molar-refractivity contribution in [2.45, 2.75) is 36.7 Å². The lowest BCUT2D eigenvalue weighted by molar-refractivity contribution is -0.142. The summed E-state index contributed by atoms with van der Waals surface area (Å²) in [4.78, 5) is 35.8. The normalized spacial score (nSPS) is 13.1. The lowest BCUT2D eigenvalue weighted by Crippen LogP contribution is -2.52. The van der Waals surface area contributed by atoms with Crippen LogP contribution in [0.15, 0.2) is 59.5 Å². The van der Waals surface area contributed by atoms with E-state index in [0.29, 0.717) is 5.56 Å². The van der Waals surface area contributed by atoms with Gasteiger partial charge in [0.1, 0.15) is 17.9 Å². The number of aliphatic carboxylic acids is 1. The van der Waals surface area contributed by atoms with Crippen LogP contribution in [0.25, 0.3) is 0 Å². The van der Waals surface area contributed by atoms with Gasteiger partial charge in [-0.3, -0.25) is 9.59 Å². The van der Waals surface area contributed by atoms with E-state index >= 15 is 0 Å². The second-order valence-corrected chi connectivity index (χ2v) is 9.02. The third-order valence-corrected chi connectivity index (χ3v) is 6.18. The van der Waals surface area contributed by atoms with Crippen LogP contribution in [-0.4, -0.2) is 49.1 Å². The van der Waals surface area contributed by atoms with Gasteiger partial charge in [0.25, 0.3) is 0 Å². The van der Waals surface area contributed by atoms with Gasteiger partial charge < -0.3 is 15.7 Å². The zero-order valence-corrected chi connectivity index (χ0v) is 17.6. The molecule has 0 saturated carbocycles. The minimum Gasteiger partial charge on any atom is -0.480 e. The molecule has 2 amide bonds. The Morgan fingerprint density at radius 2 is 1.68 bits per heavy atom. The molecule has 0 radical (unpaired) electrons. The lowest BCUT2D eigenvalue weighted by Gasteiger charge is -2.21. The van der Waals surface area contributed by atoms with Crippen LogP contribution >= 0.6 is 0 Å². The summed E-state index contributed by atoms with van der Waals surface area (Å²) < 4.78 is 38.2. The summed E-state index contributed by atoms with van der Waals surface area (Å²) in [6, 6.07) is 10.3.